The number of benzene rings is 4. The van der Waals surface area contributed by atoms with E-state index in [1.807, 2.05) is 130 Å². The first-order valence-corrected chi connectivity index (χ1v) is 18.3. The number of pyridine rings is 1. The first kappa shape index (κ1) is 35.6. The van der Waals surface area contributed by atoms with Gasteiger partial charge >= 0.3 is 0 Å². The molecule has 0 atom stereocenters. The number of hydrogen-bond donors (Lipinski definition) is 0. The second kappa shape index (κ2) is 15.8. The fourth-order valence-electron chi connectivity index (χ4n) is 5.91. The van der Waals surface area contributed by atoms with Crippen LogP contribution in [0.5, 0.6) is 11.5 Å². The molecule has 9 nitrogen and oxygen atoms in total. The van der Waals surface area contributed by atoms with Gasteiger partial charge in [0.2, 0.25) is 11.6 Å². The second-order valence-electron chi connectivity index (χ2n) is 11.7. The van der Waals surface area contributed by atoms with Crippen LogP contribution in [0, 0.1) is 22.7 Å². The summed E-state index contributed by atoms with van der Waals surface area (Å²) < 4.78 is 10.7. The summed E-state index contributed by atoms with van der Waals surface area (Å²) in [6.07, 6.45) is 0. The number of aromatic nitrogens is 1. The minimum atomic E-state index is -0.657. The maximum atomic E-state index is 14.2. The fraction of sp³-hybridized carbons (Fsp3) is 0.0465. The molecule has 0 saturated carbocycles. The third-order valence-electron chi connectivity index (χ3n) is 8.57. The Hall–Kier alpha value is -6.79. The predicted molar refractivity (Wildman–Crippen MR) is 213 cm³/mol. The molecule has 0 fully saturated rings. The lowest BCUT2D eigenvalue weighted by atomic mass is 10.1. The molecule has 1 aromatic heterocycles. The van der Waals surface area contributed by atoms with E-state index < -0.39 is 11.6 Å². The molecule has 0 saturated heterocycles. The number of nitriles is 2. The SMILES string of the molecule is COc1ccc(C2=CS/C(=C(\C#N)C(=O)c3cccc(C(=O)/C(C#N)=C4/SC=C(c5ccc(OC)cc5)N4c4ccccc4)n3)N2c2ccccc2)cc1. The number of nitrogens with zero attached hydrogens (tertiary/aromatic N) is 5. The van der Waals surface area contributed by atoms with Crippen molar-refractivity contribution < 1.29 is 19.1 Å². The number of ether oxygens (including phenoxy) is 2. The quantitative estimate of drug-likeness (QED) is 0.0773. The van der Waals surface area contributed by atoms with Crippen LogP contribution in [0.25, 0.3) is 11.4 Å². The number of ketones is 2. The van der Waals surface area contributed by atoms with Crippen LogP contribution in [0.2, 0.25) is 0 Å². The number of carbonyl (C=O) groups is 2. The normalized spacial score (nSPS) is 15.4. The lowest BCUT2D eigenvalue weighted by molar-refractivity contribution is 0.103. The molecule has 0 unspecified atom stereocenters. The van der Waals surface area contributed by atoms with E-state index in [2.05, 4.69) is 17.1 Å². The molecule has 3 heterocycles. The zero-order valence-corrected chi connectivity index (χ0v) is 30.6. The molecule has 54 heavy (non-hydrogen) atoms. The minimum absolute atomic E-state index is 0.102. The third kappa shape index (κ3) is 6.89. The van der Waals surface area contributed by atoms with Crippen LogP contribution in [-0.4, -0.2) is 30.8 Å². The van der Waals surface area contributed by atoms with E-state index in [9.17, 15) is 20.1 Å². The molecule has 0 amide bonds. The van der Waals surface area contributed by atoms with Gasteiger partial charge in [-0.15, -0.1) is 0 Å². The van der Waals surface area contributed by atoms with Gasteiger partial charge in [0, 0.05) is 22.2 Å². The lowest BCUT2D eigenvalue weighted by Crippen LogP contribution is -2.21. The molecule has 0 N–H and O–H groups in total. The van der Waals surface area contributed by atoms with Crippen LogP contribution in [0.1, 0.15) is 32.1 Å². The summed E-state index contributed by atoms with van der Waals surface area (Å²) in [7, 11) is 3.19. The van der Waals surface area contributed by atoms with Crippen molar-refractivity contribution in [3.05, 3.63) is 182 Å². The van der Waals surface area contributed by atoms with E-state index in [1.54, 1.807) is 14.2 Å². The van der Waals surface area contributed by atoms with Gasteiger partial charge in [-0.25, -0.2) is 4.98 Å². The smallest absolute Gasteiger partial charge is 0.224 e. The predicted octanol–water partition coefficient (Wildman–Crippen LogP) is 9.44. The van der Waals surface area contributed by atoms with Crippen LogP contribution in [-0.2, 0) is 0 Å². The second-order valence-corrected chi connectivity index (χ2v) is 13.4. The molecular weight excluding hydrogens is 715 g/mol. The number of thioether (sulfide) groups is 2. The Labute approximate surface area is 320 Å². The van der Waals surface area contributed by atoms with Gasteiger partial charge in [0.15, 0.2) is 0 Å². The monoisotopic (exact) mass is 743 g/mol. The number of Topliss-reactive ketones (excluding diaryl/α,β-unsaturated/α-hetero) is 2. The maximum Gasteiger partial charge on any atom is 0.224 e. The van der Waals surface area contributed by atoms with E-state index in [4.69, 9.17) is 9.47 Å². The van der Waals surface area contributed by atoms with E-state index in [1.165, 1.54) is 41.7 Å². The first-order chi connectivity index (χ1) is 26.4. The third-order valence-corrected chi connectivity index (χ3v) is 10.5. The number of methoxy groups -OCH3 is 2. The van der Waals surface area contributed by atoms with E-state index in [0.29, 0.717) is 21.6 Å². The number of para-hydroxylation sites is 2. The van der Waals surface area contributed by atoms with Crippen molar-refractivity contribution in [3.63, 3.8) is 0 Å². The average Bonchev–Trinajstić information content (AvgIpc) is 3.88. The number of hydrogen-bond acceptors (Lipinski definition) is 11. The summed E-state index contributed by atoms with van der Waals surface area (Å²) in [4.78, 5) is 36.5. The van der Waals surface area contributed by atoms with Gasteiger partial charge in [-0.05, 0) is 96.1 Å². The molecule has 0 spiro atoms. The Balaban J connectivity index is 1.24. The molecule has 2 aliphatic heterocycles. The first-order valence-electron chi connectivity index (χ1n) is 16.5. The van der Waals surface area contributed by atoms with Crippen LogP contribution in [0.4, 0.5) is 11.4 Å². The molecule has 0 bridgehead atoms. The van der Waals surface area contributed by atoms with E-state index in [-0.39, 0.29) is 22.5 Å². The van der Waals surface area contributed by atoms with Gasteiger partial charge in [0.1, 0.15) is 56.2 Å². The highest BCUT2D eigenvalue weighted by Crippen LogP contribution is 2.46. The van der Waals surface area contributed by atoms with E-state index in [0.717, 1.165) is 33.9 Å². The molecule has 7 rings (SSSR count). The summed E-state index contributed by atoms with van der Waals surface area (Å²) in [5, 5.41) is 25.5. The number of rotatable bonds is 10. The highest BCUT2D eigenvalue weighted by Gasteiger charge is 2.33. The summed E-state index contributed by atoms with van der Waals surface area (Å²) in [5.41, 5.74) is 4.26. The van der Waals surface area contributed by atoms with Gasteiger partial charge in [0.25, 0.3) is 0 Å². The van der Waals surface area contributed by atoms with Gasteiger partial charge in [-0.1, -0.05) is 66.0 Å². The Bertz CT molecular complexity index is 2290. The van der Waals surface area contributed by atoms with Crippen molar-refractivity contribution >= 4 is 57.9 Å². The zero-order valence-electron chi connectivity index (χ0n) is 29.0. The standard InChI is InChI=1S/C43H29N5O4S2/c1-51-32-20-16-28(17-21-32)38-26-53-42(47(38)30-10-5-3-6-11-30)34(24-44)40(49)36-14-9-15-37(46-36)41(50)35(25-45)43-48(31-12-7-4-8-13-31)39(27-54-43)29-18-22-33(52-2)23-19-29/h3-23,26-27H,1-2H3/b42-34+,43-35+. The highest BCUT2D eigenvalue weighted by molar-refractivity contribution is 8.06. The Morgan fingerprint density at radius 3 is 1.30 bits per heavy atom. The van der Waals surface area contributed by atoms with Gasteiger partial charge in [0.05, 0.1) is 25.6 Å². The van der Waals surface area contributed by atoms with Crippen LogP contribution >= 0.6 is 23.5 Å². The number of carbonyl (C=O) groups excluding carboxylic acids is 2. The molecule has 0 aliphatic carbocycles. The van der Waals surface area contributed by atoms with Gasteiger partial charge in [-0.2, -0.15) is 10.5 Å². The number of anilines is 2. The minimum Gasteiger partial charge on any atom is -0.497 e. The Kier molecular flexibility index (Phi) is 10.4. The van der Waals surface area contributed by atoms with Crippen molar-refractivity contribution in [2.24, 2.45) is 0 Å². The van der Waals surface area contributed by atoms with Gasteiger partial charge < -0.3 is 19.3 Å². The van der Waals surface area contributed by atoms with Crippen molar-refractivity contribution in [1.82, 2.24) is 4.98 Å². The largest absolute Gasteiger partial charge is 0.497 e. The Morgan fingerprint density at radius 1 is 0.556 bits per heavy atom. The number of allylic oxidation sites excluding steroid dienone is 2. The maximum absolute atomic E-state index is 14.2. The molecular formula is C43H29N5O4S2. The molecule has 0 radical (unpaired) electrons. The topological polar surface area (TPSA) is 120 Å². The molecule has 262 valence electrons. The highest BCUT2D eigenvalue weighted by atomic mass is 32.2. The summed E-state index contributed by atoms with van der Waals surface area (Å²) in [6.45, 7) is 0. The molecule has 11 heteroatoms. The summed E-state index contributed by atoms with van der Waals surface area (Å²) in [5.74, 6) is 0.0826. The molecule has 2 aliphatic rings. The van der Waals surface area contributed by atoms with Crippen molar-refractivity contribution in [2.45, 2.75) is 0 Å². The van der Waals surface area contributed by atoms with Crippen molar-refractivity contribution in [2.75, 3.05) is 24.0 Å². The molecule has 5 aromatic rings. The van der Waals surface area contributed by atoms with Crippen molar-refractivity contribution in [1.29, 1.82) is 10.5 Å². The average molecular weight is 744 g/mol. The van der Waals surface area contributed by atoms with Crippen molar-refractivity contribution in [3.8, 4) is 23.6 Å². The van der Waals surface area contributed by atoms with Crippen LogP contribution < -0.4 is 19.3 Å². The Morgan fingerprint density at radius 2 is 0.944 bits per heavy atom. The van der Waals surface area contributed by atoms with E-state index >= 15 is 0 Å². The lowest BCUT2D eigenvalue weighted by Gasteiger charge is -2.25. The fourth-order valence-corrected chi connectivity index (χ4v) is 7.97. The zero-order chi connectivity index (χ0) is 37.6. The molecule has 4 aromatic carbocycles. The van der Waals surface area contributed by atoms with Crippen LogP contribution in [0.3, 0.4) is 0 Å². The summed E-state index contributed by atoms with van der Waals surface area (Å²) >= 11 is 2.50. The summed E-state index contributed by atoms with van der Waals surface area (Å²) in [6, 6.07) is 42.6. The van der Waals surface area contributed by atoms with Gasteiger partial charge in [-0.3, -0.25) is 9.59 Å². The van der Waals surface area contributed by atoms with Crippen LogP contribution in [0.15, 0.2) is 159 Å².